The van der Waals surface area contributed by atoms with Crippen molar-refractivity contribution in [3.8, 4) is 5.75 Å². The first kappa shape index (κ1) is 25.8. The number of ether oxygens (including phenoxy) is 1. The maximum Gasteiger partial charge on any atom is 0.227 e. The van der Waals surface area contributed by atoms with Crippen molar-refractivity contribution >= 4 is 34.0 Å². The molecule has 1 amide bonds. The van der Waals surface area contributed by atoms with Crippen molar-refractivity contribution in [1.82, 2.24) is 9.97 Å². The molecule has 0 aliphatic carbocycles. The number of rotatable bonds is 9. The summed E-state index contributed by atoms with van der Waals surface area (Å²) in [6.45, 7) is 8.59. The second kappa shape index (κ2) is 10.4. The van der Waals surface area contributed by atoms with E-state index in [4.69, 9.17) is 4.74 Å². The number of halogens is 2. The number of fused-ring (bicyclic) bond motifs is 1. The van der Waals surface area contributed by atoms with Crippen molar-refractivity contribution in [2.75, 3.05) is 23.9 Å². The van der Waals surface area contributed by atoms with Gasteiger partial charge in [0, 0.05) is 30.0 Å². The van der Waals surface area contributed by atoms with Gasteiger partial charge in [0.15, 0.2) is 5.82 Å². The average Bonchev–Trinajstić information content (AvgIpc) is 3.18. The van der Waals surface area contributed by atoms with Gasteiger partial charge in [-0.15, -0.1) is 0 Å². The summed E-state index contributed by atoms with van der Waals surface area (Å²) in [6.07, 6.45) is 5.94. The topological polar surface area (TPSA) is 67.4 Å². The fourth-order valence-electron chi connectivity index (χ4n) is 5.13. The molecule has 1 aliphatic heterocycles. The second-order valence-corrected chi connectivity index (χ2v) is 10.3. The molecule has 1 atom stereocenters. The molecule has 1 N–H and O–H groups in total. The van der Waals surface area contributed by atoms with E-state index < -0.39 is 11.6 Å². The van der Waals surface area contributed by atoms with Gasteiger partial charge in [-0.2, -0.15) is 0 Å². The lowest BCUT2D eigenvalue weighted by Gasteiger charge is -2.29. The third-order valence-corrected chi connectivity index (χ3v) is 7.15. The van der Waals surface area contributed by atoms with Crippen LogP contribution in [0, 0.1) is 29.9 Å². The van der Waals surface area contributed by atoms with E-state index in [1.165, 1.54) is 25.4 Å². The van der Waals surface area contributed by atoms with Crippen molar-refractivity contribution in [2.45, 2.75) is 59.8 Å². The molecule has 36 heavy (non-hydrogen) atoms. The number of anilines is 3. The molecule has 1 aromatic heterocycles. The van der Waals surface area contributed by atoms with Crippen LogP contribution in [-0.2, 0) is 4.79 Å². The monoisotopic (exact) mass is 496 g/mol. The molecule has 0 spiro atoms. The quantitative estimate of drug-likeness (QED) is 0.348. The lowest BCUT2D eigenvalue weighted by molar-refractivity contribution is -0.117. The Labute approximate surface area is 211 Å². The summed E-state index contributed by atoms with van der Waals surface area (Å²) in [5.41, 5.74) is 1.19. The molecule has 1 aliphatic rings. The molecule has 1 unspecified atom stereocenters. The van der Waals surface area contributed by atoms with Crippen LogP contribution in [0.3, 0.4) is 0 Å². The molecule has 4 rings (SSSR count). The highest BCUT2D eigenvalue weighted by molar-refractivity contribution is 6.02. The zero-order valence-corrected chi connectivity index (χ0v) is 21.6. The number of hydrogen-bond acceptors (Lipinski definition) is 5. The van der Waals surface area contributed by atoms with Gasteiger partial charge in [-0.05, 0) is 49.3 Å². The maximum absolute atomic E-state index is 14.7. The summed E-state index contributed by atoms with van der Waals surface area (Å²) in [4.78, 5) is 23.8. The summed E-state index contributed by atoms with van der Waals surface area (Å²) >= 11 is 0. The number of aromatic nitrogens is 2. The Morgan fingerprint density at radius 2 is 1.97 bits per heavy atom. The first-order valence-corrected chi connectivity index (χ1v) is 12.5. The molecule has 0 radical (unpaired) electrons. The van der Waals surface area contributed by atoms with Gasteiger partial charge in [0.05, 0.1) is 24.0 Å². The molecular formula is C28H34F2N4O2. The molecule has 3 aromatic rings. The third-order valence-electron chi connectivity index (χ3n) is 7.15. The number of carbonyl (C=O) groups excluding carboxylic acids is 1. The Kier molecular flexibility index (Phi) is 7.43. The van der Waals surface area contributed by atoms with E-state index in [0.717, 1.165) is 25.7 Å². The smallest absolute Gasteiger partial charge is 0.227 e. The van der Waals surface area contributed by atoms with E-state index in [9.17, 15) is 13.6 Å². The van der Waals surface area contributed by atoms with Gasteiger partial charge in [0.25, 0.3) is 0 Å². The number of hydrogen-bond donors (Lipinski definition) is 1. The predicted octanol–water partition coefficient (Wildman–Crippen LogP) is 6.93. The van der Waals surface area contributed by atoms with E-state index in [1.807, 2.05) is 11.0 Å². The zero-order valence-electron chi connectivity index (χ0n) is 21.6. The van der Waals surface area contributed by atoms with Crippen molar-refractivity contribution in [3.05, 3.63) is 47.8 Å². The number of amides is 1. The first-order chi connectivity index (χ1) is 17.2. The lowest BCUT2D eigenvalue weighted by atomic mass is 9.77. The largest absolute Gasteiger partial charge is 0.494 e. The number of nitrogens with one attached hydrogen (secondary N) is 1. The van der Waals surface area contributed by atoms with Crippen LogP contribution in [0.2, 0.25) is 0 Å². The predicted molar refractivity (Wildman–Crippen MR) is 139 cm³/mol. The van der Waals surface area contributed by atoms with Crippen molar-refractivity contribution < 1.29 is 18.3 Å². The molecule has 1 saturated heterocycles. The summed E-state index contributed by atoms with van der Waals surface area (Å²) in [7, 11) is 1.57. The Morgan fingerprint density at radius 1 is 1.19 bits per heavy atom. The molecule has 0 bridgehead atoms. The molecule has 0 saturated carbocycles. The van der Waals surface area contributed by atoms with Crippen LogP contribution in [0.4, 0.5) is 26.0 Å². The normalized spacial score (nSPS) is 17.9. The van der Waals surface area contributed by atoms with Gasteiger partial charge in [0.2, 0.25) is 5.91 Å². The molecule has 1 fully saturated rings. The van der Waals surface area contributed by atoms with Crippen LogP contribution in [0.1, 0.15) is 58.4 Å². The van der Waals surface area contributed by atoms with Gasteiger partial charge in [-0.3, -0.25) is 4.79 Å². The fourth-order valence-corrected chi connectivity index (χ4v) is 5.13. The number of nitrogens with zero attached hydrogens (tertiary/aromatic N) is 3. The lowest BCUT2D eigenvalue weighted by Crippen LogP contribution is -2.29. The SMILES string of the molecule is CCCC1(CCC(C)C)CC(=O)N(c2cc3c(Nc4ccc(F)c(C)c4F)ncnc3cc2OC)C1. The van der Waals surface area contributed by atoms with Gasteiger partial charge >= 0.3 is 0 Å². The van der Waals surface area contributed by atoms with E-state index in [2.05, 4.69) is 36.1 Å². The standard InChI is InChI=1S/C28H34F2N4O2/c1-6-10-28(11-9-17(2)3)14-25(35)34(15-28)23-12-19-22(13-24(23)36-5)31-16-32-27(19)33-21-8-7-20(29)18(4)26(21)30/h7-8,12-13,16-17H,6,9-11,14-15H2,1-5H3,(H,31,32,33). The molecule has 192 valence electrons. The fraction of sp³-hybridized carbons (Fsp3) is 0.464. The minimum atomic E-state index is -0.681. The molecular weight excluding hydrogens is 462 g/mol. The van der Waals surface area contributed by atoms with Crippen LogP contribution in [0.15, 0.2) is 30.6 Å². The van der Waals surface area contributed by atoms with Crippen LogP contribution in [-0.4, -0.2) is 29.5 Å². The van der Waals surface area contributed by atoms with Crippen LogP contribution in [0.5, 0.6) is 5.75 Å². The Bertz CT molecular complexity index is 1280. The van der Waals surface area contributed by atoms with E-state index >= 15 is 0 Å². The summed E-state index contributed by atoms with van der Waals surface area (Å²) in [6, 6.07) is 6.15. The van der Waals surface area contributed by atoms with Gasteiger partial charge in [-0.1, -0.05) is 33.6 Å². The van der Waals surface area contributed by atoms with Gasteiger partial charge in [-0.25, -0.2) is 18.7 Å². The first-order valence-electron chi connectivity index (χ1n) is 12.5. The average molecular weight is 497 g/mol. The van der Waals surface area contributed by atoms with E-state index in [1.54, 1.807) is 13.2 Å². The Morgan fingerprint density at radius 3 is 2.67 bits per heavy atom. The zero-order chi connectivity index (χ0) is 26.0. The van der Waals surface area contributed by atoms with E-state index in [-0.39, 0.29) is 22.6 Å². The summed E-state index contributed by atoms with van der Waals surface area (Å²) in [5, 5.41) is 3.59. The number of carbonyl (C=O) groups is 1. The highest BCUT2D eigenvalue weighted by Crippen LogP contribution is 2.46. The Balaban J connectivity index is 1.75. The summed E-state index contributed by atoms with van der Waals surface area (Å²) < 4.78 is 34.2. The minimum absolute atomic E-state index is 0.0661. The number of benzene rings is 2. The van der Waals surface area contributed by atoms with E-state index in [0.29, 0.717) is 47.0 Å². The molecule has 2 heterocycles. The highest BCUT2D eigenvalue weighted by atomic mass is 19.1. The van der Waals surface area contributed by atoms with Crippen molar-refractivity contribution in [3.63, 3.8) is 0 Å². The molecule has 2 aromatic carbocycles. The van der Waals surface area contributed by atoms with Crippen LogP contribution < -0.4 is 15.0 Å². The van der Waals surface area contributed by atoms with Crippen LogP contribution >= 0.6 is 0 Å². The third kappa shape index (κ3) is 4.99. The Hall–Kier alpha value is -3.29. The maximum atomic E-state index is 14.7. The van der Waals surface area contributed by atoms with Crippen molar-refractivity contribution in [2.24, 2.45) is 11.3 Å². The van der Waals surface area contributed by atoms with Gasteiger partial charge in [0.1, 0.15) is 23.7 Å². The summed E-state index contributed by atoms with van der Waals surface area (Å²) in [5.74, 6) is 0.245. The minimum Gasteiger partial charge on any atom is -0.494 e. The van der Waals surface area contributed by atoms with Crippen LogP contribution in [0.25, 0.3) is 10.9 Å². The number of methoxy groups -OCH3 is 1. The molecule has 8 heteroatoms. The highest BCUT2D eigenvalue weighted by Gasteiger charge is 2.43. The second-order valence-electron chi connectivity index (χ2n) is 10.3. The molecule has 6 nitrogen and oxygen atoms in total. The van der Waals surface area contributed by atoms with Crippen molar-refractivity contribution in [1.29, 1.82) is 0 Å². The van der Waals surface area contributed by atoms with Gasteiger partial charge < -0.3 is 15.0 Å².